The first-order valence-electron chi connectivity index (χ1n) is 7.61. The van der Waals surface area contributed by atoms with Gasteiger partial charge in [-0.15, -0.1) is 0 Å². The maximum atomic E-state index is 12.8. The number of carbonyl (C=O) groups is 1. The zero-order valence-electron chi connectivity index (χ0n) is 12.5. The molecule has 0 N–H and O–H groups in total. The number of likely N-dealkylation sites (tertiary alicyclic amines) is 1. The molecule has 1 aliphatic rings. The van der Waals surface area contributed by atoms with E-state index in [1.165, 1.54) is 11.9 Å². The Kier molecular flexibility index (Phi) is 3.67. The molecule has 3 heterocycles. The molecule has 1 atom stereocenters. The number of amides is 1. The quantitative estimate of drug-likeness (QED) is 0.743. The van der Waals surface area contributed by atoms with Crippen LogP contribution < -0.4 is 0 Å². The van der Waals surface area contributed by atoms with Gasteiger partial charge in [-0.1, -0.05) is 0 Å². The molecule has 0 aliphatic carbocycles. The van der Waals surface area contributed by atoms with Crippen LogP contribution in [0.4, 0.5) is 0 Å². The number of thiophene rings is 1. The number of hydrogen-bond donors (Lipinski definition) is 0. The SMILES string of the molecule is O=C(c1ccc(-n2cncn2)cc1)N1CCC[C@@H]1c1ccsc1. The van der Waals surface area contributed by atoms with Gasteiger partial charge in [0.1, 0.15) is 12.7 Å². The fraction of sp³-hybridized carbons (Fsp3) is 0.235. The Bertz CT molecular complexity index is 781. The minimum atomic E-state index is 0.101. The maximum absolute atomic E-state index is 12.8. The van der Waals surface area contributed by atoms with Crippen molar-refractivity contribution in [1.29, 1.82) is 0 Å². The third-order valence-corrected chi connectivity index (χ3v) is 4.94. The molecule has 0 spiro atoms. The Morgan fingerprint density at radius 1 is 1.22 bits per heavy atom. The third-order valence-electron chi connectivity index (χ3n) is 4.24. The highest BCUT2D eigenvalue weighted by atomic mass is 32.1. The smallest absolute Gasteiger partial charge is 0.254 e. The first-order chi connectivity index (χ1) is 11.3. The minimum Gasteiger partial charge on any atom is -0.332 e. The van der Waals surface area contributed by atoms with Crippen molar-refractivity contribution in [2.24, 2.45) is 0 Å². The van der Waals surface area contributed by atoms with Gasteiger partial charge in [-0.25, -0.2) is 9.67 Å². The minimum absolute atomic E-state index is 0.101. The highest BCUT2D eigenvalue weighted by Gasteiger charge is 2.30. The Balaban J connectivity index is 1.56. The van der Waals surface area contributed by atoms with Gasteiger partial charge in [0.05, 0.1) is 11.7 Å². The van der Waals surface area contributed by atoms with Gasteiger partial charge >= 0.3 is 0 Å². The van der Waals surface area contributed by atoms with Crippen molar-refractivity contribution < 1.29 is 4.79 Å². The molecule has 4 rings (SSSR count). The summed E-state index contributed by atoms with van der Waals surface area (Å²) in [6.07, 6.45) is 5.24. The second-order valence-electron chi connectivity index (χ2n) is 5.60. The molecule has 1 aliphatic heterocycles. The molecule has 23 heavy (non-hydrogen) atoms. The van der Waals surface area contributed by atoms with E-state index in [1.54, 1.807) is 22.3 Å². The molecule has 3 aromatic rings. The highest BCUT2D eigenvalue weighted by Crippen LogP contribution is 2.34. The van der Waals surface area contributed by atoms with E-state index in [0.717, 1.165) is 30.6 Å². The second kappa shape index (κ2) is 5.96. The summed E-state index contributed by atoms with van der Waals surface area (Å²) < 4.78 is 1.68. The predicted octanol–water partition coefficient (Wildman–Crippen LogP) is 3.31. The van der Waals surface area contributed by atoms with Crippen molar-refractivity contribution in [3.05, 3.63) is 64.9 Å². The van der Waals surface area contributed by atoms with Gasteiger partial charge in [0, 0.05) is 12.1 Å². The van der Waals surface area contributed by atoms with Crippen LogP contribution in [0.1, 0.15) is 34.8 Å². The first-order valence-corrected chi connectivity index (χ1v) is 8.55. The Hall–Kier alpha value is -2.47. The van der Waals surface area contributed by atoms with Crippen LogP contribution in [0.2, 0.25) is 0 Å². The molecule has 2 aromatic heterocycles. The number of hydrogen-bond acceptors (Lipinski definition) is 4. The Morgan fingerprint density at radius 2 is 2.09 bits per heavy atom. The molecule has 116 valence electrons. The monoisotopic (exact) mass is 324 g/mol. The van der Waals surface area contributed by atoms with Gasteiger partial charge in [-0.05, 0) is 59.5 Å². The van der Waals surface area contributed by atoms with Gasteiger partial charge in [0.15, 0.2) is 0 Å². The zero-order chi connectivity index (χ0) is 15.6. The molecule has 0 unspecified atom stereocenters. The molecule has 1 aromatic carbocycles. The molecule has 1 saturated heterocycles. The van der Waals surface area contributed by atoms with Gasteiger partial charge in [0.25, 0.3) is 5.91 Å². The number of aromatic nitrogens is 3. The summed E-state index contributed by atoms with van der Waals surface area (Å²) >= 11 is 1.68. The van der Waals surface area contributed by atoms with E-state index in [-0.39, 0.29) is 11.9 Å². The van der Waals surface area contributed by atoms with Gasteiger partial charge < -0.3 is 4.90 Å². The third kappa shape index (κ3) is 2.66. The Morgan fingerprint density at radius 3 is 2.78 bits per heavy atom. The summed E-state index contributed by atoms with van der Waals surface area (Å²) in [6, 6.07) is 9.86. The summed E-state index contributed by atoms with van der Waals surface area (Å²) in [4.78, 5) is 18.8. The van der Waals surface area contributed by atoms with Crippen molar-refractivity contribution >= 4 is 17.2 Å². The summed E-state index contributed by atoms with van der Waals surface area (Å²) in [6.45, 7) is 0.824. The van der Waals surface area contributed by atoms with Crippen LogP contribution in [0.25, 0.3) is 5.69 Å². The lowest BCUT2D eigenvalue weighted by molar-refractivity contribution is 0.0736. The van der Waals surface area contributed by atoms with Gasteiger partial charge in [-0.2, -0.15) is 16.4 Å². The van der Waals surface area contributed by atoms with E-state index in [2.05, 4.69) is 26.9 Å². The van der Waals surface area contributed by atoms with Crippen LogP contribution >= 0.6 is 11.3 Å². The molecular weight excluding hydrogens is 308 g/mol. The zero-order valence-corrected chi connectivity index (χ0v) is 13.3. The van der Waals surface area contributed by atoms with Crippen molar-refractivity contribution in [1.82, 2.24) is 19.7 Å². The average Bonchev–Trinajstić information content (AvgIpc) is 3.35. The molecule has 6 heteroatoms. The number of benzene rings is 1. The fourth-order valence-corrected chi connectivity index (χ4v) is 3.79. The van der Waals surface area contributed by atoms with Crippen LogP contribution in [-0.2, 0) is 0 Å². The van der Waals surface area contributed by atoms with Crippen molar-refractivity contribution in [3.8, 4) is 5.69 Å². The fourth-order valence-electron chi connectivity index (χ4n) is 3.09. The van der Waals surface area contributed by atoms with Gasteiger partial charge in [0.2, 0.25) is 0 Å². The van der Waals surface area contributed by atoms with Crippen molar-refractivity contribution in [2.75, 3.05) is 6.54 Å². The van der Waals surface area contributed by atoms with Crippen LogP contribution in [-0.4, -0.2) is 32.1 Å². The lowest BCUT2D eigenvalue weighted by Gasteiger charge is -2.24. The van der Waals surface area contributed by atoms with Crippen LogP contribution in [0.3, 0.4) is 0 Å². The lowest BCUT2D eigenvalue weighted by Crippen LogP contribution is -2.30. The normalized spacial score (nSPS) is 17.6. The summed E-state index contributed by atoms with van der Waals surface area (Å²) in [5, 5.41) is 8.31. The lowest BCUT2D eigenvalue weighted by atomic mass is 10.1. The van der Waals surface area contributed by atoms with E-state index < -0.39 is 0 Å². The summed E-state index contributed by atoms with van der Waals surface area (Å²) in [7, 11) is 0. The maximum Gasteiger partial charge on any atom is 0.254 e. The number of rotatable bonds is 3. The molecule has 0 bridgehead atoms. The van der Waals surface area contributed by atoms with E-state index >= 15 is 0 Å². The highest BCUT2D eigenvalue weighted by molar-refractivity contribution is 7.08. The van der Waals surface area contributed by atoms with Crippen LogP contribution in [0.5, 0.6) is 0 Å². The van der Waals surface area contributed by atoms with E-state index in [9.17, 15) is 4.79 Å². The van der Waals surface area contributed by atoms with Gasteiger partial charge in [-0.3, -0.25) is 4.79 Å². The molecule has 0 saturated carbocycles. The van der Waals surface area contributed by atoms with E-state index in [0.29, 0.717) is 0 Å². The first kappa shape index (κ1) is 14.1. The molecule has 1 fully saturated rings. The summed E-state index contributed by atoms with van der Waals surface area (Å²) in [5.41, 5.74) is 2.87. The average molecular weight is 324 g/mol. The van der Waals surface area contributed by atoms with Crippen LogP contribution in [0, 0.1) is 0 Å². The predicted molar refractivity (Wildman–Crippen MR) is 88.7 cm³/mol. The van der Waals surface area contributed by atoms with E-state index in [4.69, 9.17) is 0 Å². The van der Waals surface area contributed by atoms with Crippen LogP contribution in [0.15, 0.2) is 53.7 Å². The van der Waals surface area contributed by atoms with E-state index in [1.807, 2.05) is 29.2 Å². The number of nitrogens with zero attached hydrogens (tertiary/aromatic N) is 4. The number of carbonyl (C=O) groups excluding carboxylic acids is 1. The molecule has 1 amide bonds. The topological polar surface area (TPSA) is 51.0 Å². The largest absolute Gasteiger partial charge is 0.332 e. The molecule has 0 radical (unpaired) electrons. The van der Waals surface area contributed by atoms with Crippen molar-refractivity contribution in [2.45, 2.75) is 18.9 Å². The summed E-state index contributed by atoms with van der Waals surface area (Å²) in [5.74, 6) is 0.101. The molecular formula is C17H16N4OS. The Labute approximate surface area is 138 Å². The second-order valence-corrected chi connectivity index (χ2v) is 6.38. The van der Waals surface area contributed by atoms with Crippen molar-refractivity contribution in [3.63, 3.8) is 0 Å². The molecule has 5 nitrogen and oxygen atoms in total. The standard InChI is InChI=1S/C17H16N4OS/c22-17(20-8-1-2-16(20)14-7-9-23-10-14)13-3-5-15(6-4-13)21-12-18-11-19-21/h3-7,9-12,16H,1-2,8H2/t16-/m1/s1.